The van der Waals surface area contributed by atoms with Crippen molar-refractivity contribution in [3.8, 4) is 0 Å². The molecule has 0 heterocycles. The van der Waals surface area contributed by atoms with Crippen molar-refractivity contribution >= 4 is 17.9 Å². The minimum absolute atomic E-state index is 0.0638. The lowest BCUT2D eigenvalue weighted by molar-refractivity contribution is -0.167. The highest BCUT2D eigenvalue weighted by Gasteiger charge is 2.19. The molecule has 6 heteroatoms. The van der Waals surface area contributed by atoms with Crippen molar-refractivity contribution in [2.75, 3.05) is 13.2 Å². The van der Waals surface area contributed by atoms with E-state index in [1.807, 2.05) is 0 Å². The molecule has 0 aromatic rings. The van der Waals surface area contributed by atoms with Crippen molar-refractivity contribution in [3.63, 3.8) is 0 Å². The van der Waals surface area contributed by atoms with E-state index >= 15 is 0 Å². The molecule has 2 atom stereocenters. The lowest BCUT2D eigenvalue weighted by atomic mass is 9.99. The Morgan fingerprint density at radius 3 is 0.788 bits per heavy atom. The molecule has 0 aromatic carbocycles. The first-order chi connectivity index (χ1) is 32.1. The van der Waals surface area contributed by atoms with Gasteiger partial charge in [0.15, 0.2) is 6.10 Å². The zero-order valence-corrected chi connectivity index (χ0v) is 45.5. The molecule has 392 valence electrons. The first-order valence-electron chi connectivity index (χ1n) is 29.6. The number of unbranched alkanes of at least 4 members (excludes halogenated alkanes) is 35. The molecule has 0 rings (SSSR count). The Kier molecular flexibility index (Phi) is 50.0. The molecule has 0 aliphatic carbocycles. The van der Waals surface area contributed by atoms with E-state index in [9.17, 15) is 14.4 Å². The van der Waals surface area contributed by atoms with E-state index in [4.69, 9.17) is 14.2 Å². The third-order valence-electron chi connectivity index (χ3n) is 14.0. The van der Waals surface area contributed by atoms with Gasteiger partial charge in [-0.3, -0.25) is 14.4 Å². The Morgan fingerprint density at radius 1 is 0.303 bits per heavy atom. The maximum Gasteiger partial charge on any atom is 0.306 e. The molecule has 0 saturated carbocycles. The second-order valence-electron chi connectivity index (χ2n) is 21.8. The third-order valence-corrected chi connectivity index (χ3v) is 14.0. The number of esters is 3. The number of carbonyl (C=O) groups excluding carboxylic acids is 3. The van der Waals surface area contributed by atoms with Crippen molar-refractivity contribution in [1.82, 2.24) is 0 Å². The molecule has 0 spiro atoms. The molecule has 0 fully saturated rings. The molecule has 0 amide bonds. The van der Waals surface area contributed by atoms with Gasteiger partial charge in [0.25, 0.3) is 0 Å². The van der Waals surface area contributed by atoms with Gasteiger partial charge in [-0.1, -0.05) is 292 Å². The van der Waals surface area contributed by atoms with Crippen molar-refractivity contribution in [2.45, 2.75) is 337 Å². The molecule has 0 N–H and O–H groups in total. The molecule has 0 aromatic heterocycles. The second kappa shape index (κ2) is 51.3. The lowest BCUT2D eigenvalue weighted by Gasteiger charge is -2.18. The smallest absolute Gasteiger partial charge is 0.306 e. The molecule has 0 aliphatic rings. The topological polar surface area (TPSA) is 78.9 Å². The number of rotatable bonds is 53. The van der Waals surface area contributed by atoms with E-state index in [1.165, 1.54) is 212 Å². The summed E-state index contributed by atoms with van der Waals surface area (Å²) in [6, 6.07) is 0. The van der Waals surface area contributed by atoms with E-state index in [-0.39, 0.29) is 31.1 Å². The van der Waals surface area contributed by atoms with Crippen LogP contribution in [0.25, 0.3) is 0 Å². The fourth-order valence-corrected chi connectivity index (χ4v) is 9.14. The first-order valence-corrected chi connectivity index (χ1v) is 29.6. The fraction of sp³-hybridized carbons (Fsp3) is 0.950. The van der Waals surface area contributed by atoms with E-state index in [1.54, 1.807) is 0 Å². The average Bonchev–Trinajstić information content (AvgIpc) is 3.29. The minimum Gasteiger partial charge on any atom is -0.462 e. The molecule has 0 saturated heterocycles. The van der Waals surface area contributed by atoms with Crippen LogP contribution in [-0.4, -0.2) is 37.2 Å². The summed E-state index contributed by atoms with van der Waals surface area (Å²) in [6.45, 7) is 13.8. The zero-order valence-electron chi connectivity index (χ0n) is 45.5. The maximum atomic E-state index is 12.8. The van der Waals surface area contributed by atoms with Gasteiger partial charge in [0.2, 0.25) is 0 Å². The standard InChI is InChI=1S/C60H116O6/c1-7-56(6)48-42-36-30-26-27-33-39-45-51-60(63)66-57(53-65-59(62)50-44-38-32-25-21-17-16-19-23-29-35-41-47-55(4)5)52-64-58(61)49-43-37-31-24-20-15-13-11-9-8-10-12-14-18-22-28-34-40-46-54(2)3/h54-57H,7-53H2,1-6H3/t56?,57-/m1/s1. The largest absolute Gasteiger partial charge is 0.462 e. The molecule has 0 radical (unpaired) electrons. The number of hydrogen-bond acceptors (Lipinski definition) is 6. The van der Waals surface area contributed by atoms with E-state index < -0.39 is 6.10 Å². The monoisotopic (exact) mass is 933 g/mol. The second-order valence-corrected chi connectivity index (χ2v) is 21.8. The summed E-state index contributed by atoms with van der Waals surface area (Å²) in [5, 5.41) is 0. The van der Waals surface area contributed by atoms with Crippen LogP contribution in [0.1, 0.15) is 330 Å². The van der Waals surface area contributed by atoms with Crippen LogP contribution in [-0.2, 0) is 28.6 Å². The van der Waals surface area contributed by atoms with Gasteiger partial charge in [0, 0.05) is 19.3 Å². The van der Waals surface area contributed by atoms with Crippen molar-refractivity contribution in [3.05, 3.63) is 0 Å². The van der Waals surface area contributed by atoms with Crippen molar-refractivity contribution in [2.24, 2.45) is 17.8 Å². The van der Waals surface area contributed by atoms with Crippen LogP contribution in [0.4, 0.5) is 0 Å². The summed E-state index contributed by atoms with van der Waals surface area (Å²) in [5.74, 6) is 1.69. The van der Waals surface area contributed by atoms with Gasteiger partial charge in [-0.2, -0.15) is 0 Å². The molecular formula is C60H116O6. The SMILES string of the molecule is CCC(C)CCCCCCCCCCC(=O)O[C@H](COC(=O)CCCCCCCCCCCCCCCCCCCCC(C)C)COC(=O)CCCCCCCCCCCCCCC(C)C. The number of hydrogen-bond donors (Lipinski definition) is 0. The summed E-state index contributed by atoms with van der Waals surface area (Å²) in [5.41, 5.74) is 0. The van der Waals surface area contributed by atoms with Crippen LogP contribution >= 0.6 is 0 Å². The van der Waals surface area contributed by atoms with Crippen LogP contribution in [0.15, 0.2) is 0 Å². The summed E-state index contributed by atoms with van der Waals surface area (Å²) >= 11 is 0. The quantitative estimate of drug-likeness (QED) is 0.0343. The number of carbonyl (C=O) groups is 3. The predicted molar refractivity (Wildman–Crippen MR) is 284 cm³/mol. The number of ether oxygens (including phenoxy) is 3. The average molecular weight is 934 g/mol. The van der Waals surface area contributed by atoms with Crippen LogP contribution < -0.4 is 0 Å². The van der Waals surface area contributed by atoms with Gasteiger partial charge >= 0.3 is 17.9 Å². The molecule has 0 aliphatic heterocycles. The van der Waals surface area contributed by atoms with E-state index in [0.717, 1.165) is 75.5 Å². The van der Waals surface area contributed by atoms with Gasteiger partial charge < -0.3 is 14.2 Å². The molecule has 1 unspecified atom stereocenters. The minimum atomic E-state index is -0.764. The first kappa shape index (κ1) is 64.4. The highest BCUT2D eigenvalue weighted by molar-refractivity contribution is 5.71. The fourth-order valence-electron chi connectivity index (χ4n) is 9.14. The van der Waals surface area contributed by atoms with Gasteiger partial charge in [-0.25, -0.2) is 0 Å². The molecule has 66 heavy (non-hydrogen) atoms. The summed E-state index contributed by atoms with van der Waals surface area (Å²) in [7, 11) is 0. The highest BCUT2D eigenvalue weighted by Crippen LogP contribution is 2.19. The summed E-state index contributed by atoms with van der Waals surface area (Å²) in [6.07, 6.45) is 53.8. The maximum absolute atomic E-state index is 12.8. The lowest BCUT2D eigenvalue weighted by Crippen LogP contribution is -2.30. The van der Waals surface area contributed by atoms with E-state index in [0.29, 0.717) is 19.3 Å². The molecule has 6 nitrogen and oxygen atoms in total. The van der Waals surface area contributed by atoms with Gasteiger partial charge in [-0.15, -0.1) is 0 Å². The summed E-state index contributed by atoms with van der Waals surface area (Å²) < 4.78 is 16.9. The molecule has 0 bridgehead atoms. The third kappa shape index (κ3) is 51.8. The van der Waals surface area contributed by atoms with Gasteiger partial charge in [0.05, 0.1) is 0 Å². The van der Waals surface area contributed by atoms with Crippen LogP contribution in [0, 0.1) is 17.8 Å². The van der Waals surface area contributed by atoms with Crippen LogP contribution in [0.3, 0.4) is 0 Å². The Hall–Kier alpha value is -1.59. The Morgan fingerprint density at radius 2 is 0.530 bits per heavy atom. The summed E-state index contributed by atoms with van der Waals surface area (Å²) in [4.78, 5) is 38.1. The van der Waals surface area contributed by atoms with Gasteiger partial charge in [0.1, 0.15) is 13.2 Å². The highest BCUT2D eigenvalue weighted by atomic mass is 16.6. The Bertz CT molecular complexity index is 1020. The Labute approximate surface area is 412 Å². The molecular weight excluding hydrogens is 817 g/mol. The Balaban J connectivity index is 4.24. The predicted octanol–water partition coefficient (Wildman–Crippen LogP) is 19.5. The zero-order chi connectivity index (χ0) is 48.4. The van der Waals surface area contributed by atoms with E-state index in [2.05, 4.69) is 41.5 Å². The normalized spacial score (nSPS) is 12.5. The van der Waals surface area contributed by atoms with Gasteiger partial charge in [-0.05, 0) is 37.0 Å². The van der Waals surface area contributed by atoms with Crippen molar-refractivity contribution in [1.29, 1.82) is 0 Å². The van der Waals surface area contributed by atoms with Crippen molar-refractivity contribution < 1.29 is 28.6 Å². The van der Waals surface area contributed by atoms with Crippen LogP contribution in [0.5, 0.6) is 0 Å². The van der Waals surface area contributed by atoms with Crippen LogP contribution in [0.2, 0.25) is 0 Å².